The van der Waals surface area contributed by atoms with Crippen LogP contribution in [0, 0.1) is 0 Å². The number of aromatic nitrogens is 1. The van der Waals surface area contributed by atoms with Gasteiger partial charge in [0.05, 0.1) is 0 Å². The van der Waals surface area contributed by atoms with E-state index in [-0.39, 0.29) is 0 Å². The molecule has 0 saturated heterocycles. The van der Waals surface area contributed by atoms with E-state index < -0.39 is 0 Å². The molecule has 0 aliphatic heterocycles. The first kappa shape index (κ1) is 9.28. The fourth-order valence-corrected chi connectivity index (χ4v) is 1.74. The van der Waals surface area contributed by atoms with E-state index in [1.54, 1.807) is 0 Å². The van der Waals surface area contributed by atoms with Crippen LogP contribution in [-0.4, -0.2) is 11.6 Å². The van der Waals surface area contributed by atoms with Gasteiger partial charge in [0.1, 0.15) is 0 Å². The molecule has 1 atom stereocenters. The Morgan fingerprint density at radius 3 is 2.79 bits per heavy atom. The first-order chi connectivity index (χ1) is 6.72. The molecule has 2 heteroatoms. The average Bonchev–Trinajstić information content (AvgIpc) is 2.59. The lowest BCUT2D eigenvalue weighted by molar-refractivity contribution is 0.653. The van der Waals surface area contributed by atoms with E-state index in [1.165, 1.54) is 16.5 Å². The van der Waals surface area contributed by atoms with E-state index in [0.29, 0.717) is 6.04 Å². The van der Waals surface area contributed by atoms with Crippen LogP contribution in [0.1, 0.15) is 18.5 Å². The van der Waals surface area contributed by atoms with Crippen molar-refractivity contribution in [1.29, 1.82) is 0 Å². The minimum Gasteiger partial charge on any atom is -0.351 e. The molecule has 1 heterocycles. The number of benzene rings is 1. The van der Waals surface area contributed by atoms with Gasteiger partial charge >= 0.3 is 0 Å². The molecule has 1 unspecified atom stereocenters. The summed E-state index contributed by atoms with van der Waals surface area (Å²) in [6, 6.07) is 9.18. The number of fused-ring (bicyclic) bond motifs is 1. The second-order valence-electron chi connectivity index (χ2n) is 3.76. The molecule has 2 nitrogen and oxygen atoms in total. The van der Waals surface area contributed by atoms with E-state index in [2.05, 4.69) is 54.3 Å². The van der Waals surface area contributed by atoms with Crippen molar-refractivity contribution in [2.45, 2.75) is 13.0 Å². The standard InChI is InChI=1S/C12H16N2/c1-9(13-2)10-4-5-12-11(8-10)6-7-14(12)3/h4-9,13H,1-3H3. The predicted molar refractivity (Wildman–Crippen MR) is 60.4 cm³/mol. The Labute approximate surface area is 84.5 Å². The minimum absolute atomic E-state index is 0.416. The highest BCUT2D eigenvalue weighted by atomic mass is 14.9. The van der Waals surface area contributed by atoms with Crippen LogP contribution in [-0.2, 0) is 7.05 Å². The molecule has 2 aromatic rings. The van der Waals surface area contributed by atoms with Gasteiger partial charge in [0.2, 0.25) is 0 Å². The summed E-state index contributed by atoms with van der Waals surface area (Å²) < 4.78 is 2.14. The predicted octanol–water partition coefficient (Wildman–Crippen LogP) is 2.46. The third-order valence-corrected chi connectivity index (χ3v) is 2.84. The number of aryl methyl sites for hydroxylation is 1. The Kier molecular flexibility index (Phi) is 2.30. The zero-order chi connectivity index (χ0) is 10.1. The Morgan fingerprint density at radius 1 is 1.29 bits per heavy atom. The molecule has 0 bridgehead atoms. The summed E-state index contributed by atoms with van der Waals surface area (Å²) in [6.07, 6.45) is 2.10. The second kappa shape index (κ2) is 3.46. The monoisotopic (exact) mass is 188 g/mol. The average molecular weight is 188 g/mol. The molecule has 0 amide bonds. The maximum absolute atomic E-state index is 3.25. The largest absolute Gasteiger partial charge is 0.351 e. The molecule has 1 N–H and O–H groups in total. The van der Waals surface area contributed by atoms with Gasteiger partial charge < -0.3 is 9.88 Å². The quantitative estimate of drug-likeness (QED) is 0.766. The van der Waals surface area contributed by atoms with Gasteiger partial charge in [-0.3, -0.25) is 0 Å². The highest BCUT2D eigenvalue weighted by Crippen LogP contribution is 2.20. The summed E-state index contributed by atoms with van der Waals surface area (Å²) >= 11 is 0. The number of hydrogen-bond acceptors (Lipinski definition) is 1. The number of nitrogens with one attached hydrogen (secondary N) is 1. The van der Waals surface area contributed by atoms with E-state index in [0.717, 1.165) is 0 Å². The highest BCUT2D eigenvalue weighted by molar-refractivity contribution is 5.80. The molecule has 0 aliphatic carbocycles. The van der Waals surface area contributed by atoms with Crippen LogP contribution in [0.2, 0.25) is 0 Å². The third kappa shape index (κ3) is 1.42. The lowest BCUT2D eigenvalue weighted by atomic mass is 10.1. The maximum Gasteiger partial charge on any atom is 0.0477 e. The topological polar surface area (TPSA) is 17.0 Å². The van der Waals surface area contributed by atoms with Crippen LogP contribution in [0.4, 0.5) is 0 Å². The Hall–Kier alpha value is -1.28. The van der Waals surface area contributed by atoms with Gasteiger partial charge in [-0.1, -0.05) is 6.07 Å². The molecule has 1 aromatic carbocycles. The van der Waals surface area contributed by atoms with E-state index >= 15 is 0 Å². The van der Waals surface area contributed by atoms with Gasteiger partial charge in [-0.25, -0.2) is 0 Å². The Morgan fingerprint density at radius 2 is 2.07 bits per heavy atom. The minimum atomic E-state index is 0.416. The van der Waals surface area contributed by atoms with Crippen molar-refractivity contribution in [3.05, 3.63) is 36.0 Å². The van der Waals surface area contributed by atoms with Crippen LogP contribution in [0.3, 0.4) is 0 Å². The van der Waals surface area contributed by atoms with Crippen molar-refractivity contribution in [1.82, 2.24) is 9.88 Å². The molecule has 14 heavy (non-hydrogen) atoms. The molecule has 0 radical (unpaired) electrons. The smallest absolute Gasteiger partial charge is 0.0477 e. The van der Waals surface area contributed by atoms with E-state index in [1.807, 2.05) is 7.05 Å². The Bertz CT molecular complexity index is 443. The fourth-order valence-electron chi connectivity index (χ4n) is 1.74. The van der Waals surface area contributed by atoms with Crippen LogP contribution >= 0.6 is 0 Å². The molecule has 2 rings (SSSR count). The van der Waals surface area contributed by atoms with Crippen molar-refractivity contribution in [3.63, 3.8) is 0 Å². The zero-order valence-corrected chi connectivity index (χ0v) is 8.91. The summed E-state index contributed by atoms with van der Waals surface area (Å²) in [4.78, 5) is 0. The van der Waals surface area contributed by atoms with Crippen molar-refractivity contribution in [2.24, 2.45) is 7.05 Å². The number of nitrogens with zero attached hydrogens (tertiary/aromatic N) is 1. The van der Waals surface area contributed by atoms with Gasteiger partial charge in [0.25, 0.3) is 0 Å². The molecule has 0 aliphatic rings. The molecule has 0 saturated carbocycles. The van der Waals surface area contributed by atoms with Gasteiger partial charge in [-0.2, -0.15) is 0 Å². The normalized spacial score (nSPS) is 13.4. The van der Waals surface area contributed by atoms with Crippen LogP contribution in [0.15, 0.2) is 30.5 Å². The van der Waals surface area contributed by atoms with Gasteiger partial charge in [-0.15, -0.1) is 0 Å². The van der Waals surface area contributed by atoms with Gasteiger partial charge in [0, 0.05) is 24.8 Å². The SMILES string of the molecule is CNC(C)c1ccc2c(ccn2C)c1. The summed E-state index contributed by atoms with van der Waals surface area (Å²) in [5, 5.41) is 4.56. The highest BCUT2D eigenvalue weighted by Gasteiger charge is 2.04. The first-order valence-corrected chi connectivity index (χ1v) is 4.94. The number of rotatable bonds is 2. The summed E-state index contributed by atoms with van der Waals surface area (Å²) in [5.41, 5.74) is 2.63. The lowest BCUT2D eigenvalue weighted by Gasteiger charge is -2.10. The zero-order valence-electron chi connectivity index (χ0n) is 8.91. The summed E-state index contributed by atoms with van der Waals surface area (Å²) in [7, 11) is 4.06. The molecular formula is C12H16N2. The van der Waals surface area contributed by atoms with Gasteiger partial charge in [0.15, 0.2) is 0 Å². The second-order valence-corrected chi connectivity index (χ2v) is 3.76. The third-order valence-electron chi connectivity index (χ3n) is 2.84. The number of hydrogen-bond donors (Lipinski definition) is 1. The maximum atomic E-state index is 3.25. The molecule has 1 aromatic heterocycles. The summed E-state index contributed by atoms with van der Waals surface area (Å²) in [6.45, 7) is 2.17. The lowest BCUT2D eigenvalue weighted by Crippen LogP contribution is -2.11. The Balaban J connectivity index is 2.52. The van der Waals surface area contributed by atoms with Gasteiger partial charge in [-0.05, 0) is 43.1 Å². The molecule has 0 fully saturated rings. The first-order valence-electron chi connectivity index (χ1n) is 4.94. The molecule has 0 spiro atoms. The van der Waals surface area contributed by atoms with Crippen LogP contribution in [0.5, 0.6) is 0 Å². The van der Waals surface area contributed by atoms with Crippen LogP contribution < -0.4 is 5.32 Å². The fraction of sp³-hybridized carbons (Fsp3) is 0.333. The molecule has 74 valence electrons. The summed E-state index contributed by atoms with van der Waals surface area (Å²) in [5.74, 6) is 0. The van der Waals surface area contributed by atoms with Crippen molar-refractivity contribution < 1.29 is 0 Å². The molecular weight excluding hydrogens is 172 g/mol. The van der Waals surface area contributed by atoms with Crippen molar-refractivity contribution >= 4 is 10.9 Å². The van der Waals surface area contributed by atoms with Crippen LogP contribution in [0.25, 0.3) is 10.9 Å². The van der Waals surface area contributed by atoms with Crippen molar-refractivity contribution in [2.75, 3.05) is 7.05 Å². The van der Waals surface area contributed by atoms with E-state index in [4.69, 9.17) is 0 Å². The van der Waals surface area contributed by atoms with Crippen molar-refractivity contribution in [3.8, 4) is 0 Å². The van der Waals surface area contributed by atoms with E-state index in [9.17, 15) is 0 Å².